The van der Waals surface area contributed by atoms with Crippen LogP contribution in [0.4, 0.5) is 0 Å². The van der Waals surface area contributed by atoms with Crippen LogP contribution in [0, 0.1) is 0 Å². The van der Waals surface area contributed by atoms with E-state index in [4.69, 9.17) is 0 Å². The maximum Gasteiger partial charge on any atom is 0.0154 e. The SMILES string of the molecule is C=CCCc1ccc(-c2ccc(CS)cc2)cc1. The van der Waals surface area contributed by atoms with Crippen molar-refractivity contribution in [2.75, 3.05) is 0 Å². The molecule has 0 atom stereocenters. The Labute approximate surface area is 115 Å². The van der Waals surface area contributed by atoms with Crippen LogP contribution < -0.4 is 0 Å². The van der Waals surface area contributed by atoms with Gasteiger partial charge in [-0.2, -0.15) is 12.6 Å². The average Bonchev–Trinajstić information content (AvgIpc) is 2.46. The summed E-state index contributed by atoms with van der Waals surface area (Å²) in [6.45, 7) is 3.75. The summed E-state index contributed by atoms with van der Waals surface area (Å²) in [7, 11) is 0. The lowest BCUT2D eigenvalue weighted by Crippen LogP contribution is -1.84. The Hall–Kier alpha value is -1.47. The van der Waals surface area contributed by atoms with E-state index < -0.39 is 0 Å². The first-order valence-electron chi connectivity index (χ1n) is 6.23. The van der Waals surface area contributed by atoms with Crippen LogP contribution in [-0.2, 0) is 12.2 Å². The summed E-state index contributed by atoms with van der Waals surface area (Å²) in [5.41, 5.74) is 5.15. The van der Waals surface area contributed by atoms with E-state index in [0.717, 1.165) is 18.6 Å². The van der Waals surface area contributed by atoms with Crippen molar-refractivity contribution in [3.8, 4) is 11.1 Å². The minimum Gasteiger partial charge on any atom is -0.175 e. The first-order chi connectivity index (χ1) is 8.83. The largest absolute Gasteiger partial charge is 0.175 e. The van der Waals surface area contributed by atoms with Gasteiger partial charge in [-0.25, -0.2) is 0 Å². The van der Waals surface area contributed by atoms with Gasteiger partial charge >= 0.3 is 0 Å². The zero-order chi connectivity index (χ0) is 12.8. The minimum absolute atomic E-state index is 0.792. The molecule has 0 aliphatic carbocycles. The molecule has 0 nitrogen and oxygen atoms in total. The Bertz CT molecular complexity index is 494. The molecule has 0 N–H and O–H groups in total. The third-order valence-electron chi connectivity index (χ3n) is 3.06. The minimum atomic E-state index is 0.792. The van der Waals surface area contributed by atoms with E-state index in [1.807, 2.05) is 6.08 Å². The molecule has 0 spiro atoms. The van der Waals surface area contributed by atoms with Gasteiger partial charge in [-0.15, -0.1) is 6.58 Å². The number of hydrogen-bond acceptors (Lipinski definition) is 1. The Morgan fingerprint density at radius 1 is 0.833 bits per heavy atom. The van der Waals surface area contributed by atoms with Crippen LogP contribution in [0.1, 0.15) is 17.5 Å². The molecule has 0 bridgehead atoms. The lowest BCUT2D eigenvalue weighted by atomic mass is 10.0. The normalized spacial score (nSPS) is 10.3. The highest BCUT2D eigenvalue weighted by atomic mass is 32.1. The van der Waals surface area contributed by atoms with Gasteiger partial charge < -0.3 is 0 Å². The number of allylic oxidation sites excluding steroid dienone is 1. The summed E-state index contributed by atoms with van der Waals surface area (Å²) in [6, 6.07) is 17.4. The first-order valence-corrected chi connectivity index (χ1v) is 6.87. The molecule has 0 aliphatic heterocycles. The van der Waals surface area contributed by atoms with Gasteiger partial charge in [0, 0.05) is 5.75 Å². The molecule has 0 amide bonds. The zero-order valence-electron chi connectivity index (χ0n) is 10.5. The van der Waals surface area contributed by atoms with Gasteiger partial charge in [0.1, 0.15) is 0 Å². The molecular formula is C17H18S. The Morgan fingerprint density at radius 3 is 1.78 bits per heavy atom. The van der Waals surface area contributed by atoms with E-state index in [0.29, 0.717) is 0 Å². The van der Waals surface area contributed by atoms with Crippen molar-refractivity contribution in [1.82, 2.24) is 0 Å². The van der Waals surface area contributed by atoms with Crippen molar-refractivity contribution in [2.24, 2.45) is 0 Å². The Kier molecular flexibility index (Phi) is 4.66. The molecule has 0 saturated heterocycles. The van der Waals surface area contributed by atoms with E-state index in [1.165, 1.54) is 22.3 Å². The summed E-state index contributed by atoms with van der Waals surface area (Å²) in [5.74, 6) is 0.792. The number of benzene rings is 2. The molecule has 0 radical (unpaired) electrons. The number of hydrogen-bond donors (Lipinski definition) is 1. The Morgan fingerprint density at radius 2 is 1.33 bits per heavy atom. The molecule has 2 aromatic rings. The zero-order valence-corrected chi connectivity index (χ0v) is 11.4. The molecule has 18 heavy (non-hydrogen) atoms. The molecule has 0 heterocycles. The molecule has 0 unspecified atom stereocenters. The molecule has 1 heteroatoms. The van der Waals surface area contributed by atoms with Gasteiger partial charge in [-0.1, -0.05) is 54.6 Å². The summed E-state index contributed by atoms with van der Waals surface area (Å²) in [5, 5.41) is 0. The smallest absolute Gasteiger partial charge is 0.0154 e. The van der Waals surface area contributed by atoms with E-state index in [9.17, 15) is 0 Å². The van der Waals surface area contributed by atoms with Crippen molar-refractivity contribution in [3.63, 3.8) is 0 Å². The quantitative estimate of drug-likeness (QED) is 0.569. The molecule has 0 fully saturated rings. The highest BCUT2D eigenvalue weighted by Crippen LogP contribution is 2.21. The fourth-order valence-electron chi connectivity index (χ4n) is 1.94. The standard InChI is InChI=1S/C17H18S/c1-2-3-4-14-5-9-16(10-6-14)17-11-7-15(13-18)8-12-17/h2,5-12,18H,1,3-4,13H2. The van der Waals surface area contributed by atoms with Crippen LogP contribution in [0.15, 0.2) is 61.2 Å². The summed E-state index contributed by atoms with van der Waals surface area (Å²) in [6.07, 6.45) is 4.07. The maximum atomic E-state index is 4.27. The Balaban J connectivity index is 2.14. The van der Waals surface area contributed by atoms with Crippen LogP contribution in [0.5, 0.6) is 0 Å². The molecule has 92 valence electrons. The third kappa shape index (κ3) is 3.27. The molecule has 2 aromatic carbocycles. The second-order valence-corrected chi connectivity index (χ2v) is 4.70. The van der Waals surface area contributed by atoms with Crippen LogP contribution in [0.3, 0.4) is 0 Å². The van der Waals surface area contributed by atoms with E-state index in [-0.39, 0.29) is 0 Å². The molecule has 0 aliphatic rings. The lowest BCUT2D eigenvalue weighted by Gasteiger charge is -2.05. The summed E-state index contributed by atoms with van der Waals surface area (Å²) < 4.78 is 0. The van der Waals surface area contributed by atoms with E-state index >= 15 is 0 Å². The first kappa shape index (κ1) is 13.0. The van der Waals surface area contributed by atoms with Crippen molar-refractivity contribution >= 4 is 12.6 Å². The monoisotopic (exact) mass is 254 g/mol. The molecular weight excluding hydrogens is 236 g/mol. The van der Waals surface area contributed by atoms with E-state index in [1.54, 1.807) is 0 Å². The highest BCUT2D eigenvalue weighted by Gasteiger charge is 1.98. The van der Waals surface area contributed by atoms with Crippen molar-refractivity contribution in [2.45, 2.75) is 18.6 Å². The highest BCUT2D eigenvalue weighted by molar-refractivity contribution is 7.79. The van der Waals surface area contributed by atoms with Crippen LogP contribution >= 0.6 is 12.6 Å². The van der Waals surface area contributed by atoms with Crippen LogP contribution in [-0.4, -0.2) is 0 Å². The maximum absolute atomic E-state index is 4.27. The fourth-order valence-corrected chi connectivity index (χ4v) is 2.15. The van der Waals surface area contributed by atoms with E-state index in [2.05, 4.69) is 67.7 Å². The van der Waals surface area contributed by atoms with Gasteiger partial charge in [0.05, 0.1) is 0 Å². The van der Waals surface area contributed by atoms with Crippen LogP contribution in [0.25, 0.3) is 11.1 Å². The topological polar surface area (TPSA) is 0 Å². The predicted octanol–water partition coefficient (Wildman–Crippen LogP) is 4.90. The molecule has 0 saturated carbocycles. The average molecular weight is 254 g/mol. The second-order valence-electron chi connectivity index (χ2n) is 4.38. The molecule has 2 rings (SSSR count). The second kappa shape index (κ2) is 6.46. The third-order valence-corrected chi connectivity index (χ3v) is 3.43. The van der Waals surface area contributed by atoms with Gasteiger partial charge in [0.25, 0.3) is 0 Å². The predicted molar refractivity (Wildman–Crippen MR) is 83.1 cm³/mol. The molecule has 0 aromatic heterocycles. The van der Waals surface area contributed by atoms with Gasteiger partial charge in [-0.05, 0) is 35.1 Å². The van der Waals surface area contributed by atoms with Gasteiger partial charge in [0.15, 0.2) is 0 Å². The van der Waals surface area contributed by atoms with Crippen molar-refractivity contribution < 1.29 is 0 Å². The van der Waals surface area contributed by atoms with Gasteiger partial charge in [-0.3, -0.25) is 0 Å². The summed E-state index contributed by atoms with van der Waals surface area (Å²) >= 11 is 4.27. The number of thiol groups is 1. The van der Waals surface area contributed by atoms with Crippen molar-refractivity contribution in [3.05, 3.63) is 72.3 Å². The fraction of sp³-hybridized carbons (Fsp3) is 0.176. The van der Waals surface area contributed by atoms with Crippen LogP contribution in [0.2, 0.25) is 0 Å². The number of rotatable bonds is 5. The number of aryl methyl sites for hydroxylation is 1. The summed E-state index contributed by atoms with van der Waals surface area (Å²) in [4.78, 5) is 0. The van der Waals surface area contributed by atoms with Crippen molar-refractivity contribution in [1.29, 1.82) is 0 Å². The van der Waals surface area contributed by atoms with Gasteiger partial charge in [0.2, 0.25) is 0 Å². The lowest BCUT2D eigenvalue weighted by molar-refractivity contribution is 1.00.